The molecule has 2 heterocycles. The van der Waals surface area contributed by atoms with Crippen LogP contribution in [0.4, 0.5) is 0 Å². The highest BCUT2D eigenvalue weighted by atomic mass is 16.7. The summed E-state index contributed by atoms with van der Waals surface area (Å²) >= 11 is 0. The predicted octanol–water partition coefficient (Wildman–Crippen LogP) is 6.27. The number of ether oxygens (including phenoxy) is 5. The minimum atomic E-state index is -0.617. The topological polar surface area (TPSA) is 101 Å². The van der Waals surface area contributed by atoms with Crippen molar-refractivity contribution in [1.29, 1.82) is 0 Å². The van der Waals surface area contributed by atoms with Crippen LogP contribution in [0.5, 0.6) is 0 Å². The second-order valence-corrected chi connectivity index (χ2v) is 13.1. The molecule has 0 aromatic carbocycles. The second kappa shape index (κ2) is 17.8. The molecule has 4 rings (SSSR count). The number of ketones is 1. The first-order valence-electron chi connectivity index (χ1n) is 17.0. The first-order valence-corrected chi connectivity index (χ1v) is 17.0. The lowest BCUT2D eigenvalue weighted by Gasteiger charge is -2.31. The average Bonchev–Trinajstić information content (AvgIpc) is 3.58. The van der Waals surface area contributed by atoms with Crippen molar-refractivity contribution in [2.45, 2.75) is 147 Å². The summed E-state index contributed by atoms with van der Waals surface area (Å²) in [7, 11) is 1.38. The van der Waals surface area contributed by atoms with Crippen molar-refractivity contribution >= 4 is 11.8 Å². The van der Waals surface area contributed by atoms with Crippen LogP contribution in [0, 0.1) is 23.7 Å². The molecule has 2 aliphatic heterocycles. The number of Topliss-reactive ketones (excluding diaryl/α,β-unsaturated/α-hetero) is 1. The molecule has 9 atom stereocenters. The maximum Gasteiger partial charge on any atom is 0.305 e. The SMILES string of the molecule is CCCC1CCC([C@@H](/C=C/[C@@H]2[C@@H](CC(=O)CCCCC(=O)OC)[C@@H](O)C[C@H]2OC2CCCCO2)OC2CCCCO2)C1. The zero-order valence-electron chi connectivity index (χ0n) is 26.1. The lowest BCUT2D eigenvalue weighted by molar-refractivity contribution is -0.193. The van der Waals surface area contributed by atoms with Gasteiger partial charge in [0.05, 0.1) is 25.4 Å². The number of carbonyl (C=O) groups excluding carboxylic acids is 2. The van der Waals surface area contributed by atoms with E-state index in [1.807, 2.05) is 0 Å². The summed E-state index contributed by atoms with van der Waals surface area (Å²) in [5, 5.41) is 11.2. The summed E-state index contributed by atoms with van der Waals surface area (Å²) in [4.78, 5) is 24.5. The normalized spacial score (nSPS) is 34.5. The lowest BCUT2D eigenvalue weighted by atomic mass is 9.86. The van der Waals surface area contributed by atoms with Crippen molar-refractivity contribution in [2.24, 2.45) is 23.7 Å². The fourth-order valence-electron chi connectivity index (χ4n) is 7.49. The molecule has 2 aliphatic carbocycles. The Hall–Kier alpha value is -1.32. The molecule has 42 heavy (non-hydrogen) atoms. The van der Waals surface area contributed by atoms with Gasteiger partial charge in [0, 0.05) is 50.7 Å². The van der Waals surface area contributed by atoms with E-state index in [1.165, 1.54) is 32.8 Å². The highest BCUT2D eigenvalue weighted by molar-refractivity contribution is 5.78. The van der Waals surface area contributed by atoms with Crippen molar-refractivity contribution < 1.29 is 38.4 Å². The molecular weight excluding hydrogens is 536 g/mol. The molecule has 2 saturated heterocycles. The molecule has 0 amide bonds. The largest absolute Gasteiger partial charge is 0.469 e. The van der Waals surface area contributed by atoms with E-state index in [4.69, 9.17) is 23.7 Å². The lowest BCUT2D eigenvalue weighted by Crippen LogP contribution is -2.33. The van der Waals surface area contributed by atoms with Crippen LogP contribution >= 0.6 is 0 Å². The molecule has 2 saturated carbocycles. The molecule has 0 radical (unpaired) electrons. The minimum absolute atomic E-state index is 0.0473. The fourth-order valence-corrected chi connectivity index (χ4v) is 7.49. The van der Waals surface area contributed by atoms with Gasteiger partial charge in [-0.15, -0.1) is 0 Å². The summed E-state index contributed by atoms with van der Waals surface area (Å²) in [5.74, 6) is 0.761. The average molecular weight is 593 g/mol. The molecular formula is C34H56O8. The molecule has 4 unspecified atom stereocenters. The van der Waals surface area contributed by atoms with Crippen LogP contribution < -0.4 is 0 Å². The third-order valence-electron chi connectivity index (χ3n) is 9.85. The molecule has 0 aromatic rings. The summed E-state index contributed by atoms with van der Waals surface area (Å²) in [6.07, 6.45) is 18.1. The van der Waals surface area contributed by atoms with Crippen LogP contribution in [-0.4, -0.2) is 68.1 Å². The molecule has 0 spiro atoms. The van der Waals surface area contributed by atoms with Crippen LogP contribution in [0.2, 0.25) is 0 Å². The first kappa shape index (κ1) is 33.6. The molecule has 240 valence electrons. The highest BCUT2D eigenvalue weighted by Gasteiger charge is 2.44. The van der Waals surface area contributed by atoms with Gasteiger partial charge in [-0.1, -0.05) is 38.3 Å². The summed E-state index contributed by atoms with van der Waals surface area (Å²) < 4.78 is 29.7. The van der Waals surface area contributed by atoms with Gasteiger partial charge in [0.15, 0.2) is 12.6 Å². The number of hydrogen-bond donors (Lipinski definition) is 1. The van der Waals surface area contributed by atoms with Crippen molar-refractivity contribution in [3.8, 4) is 0 Å². The zero-order chi connectivity index (χ0) is 29.7. The quantitative estimate of drug-likeness (QED) is 0.127. The number of rotatable bonds is 16. The Morgan fingerprint density at radius 2 is 1.69 bits per heavy atom. The van der Waals surface area contributed by atoms with Gasteiger partial charge in [0.1, 0.15) is 5.78 Å². The Kier molecular flexibility index (Phi) is 14.3. The second-order valence-electron chi connectivity index (χ2n) is 13.1. The summed E-state index contributed by atoms with van der Waals surface area (Å²) in [5.41, 5.74) is 0. The van der Waals surface area contributed by atoms with Crippen LogP contribution in [-0.2, 0) is 33.3 Å². The molecule has 4 aliphatic rings. The molecule has 4 fully saturated rings. The van der Waals surface area contributed by atoms with Gasteiger partial charge in [0.25, 0.3) is 0 Å². The monoisotopic (exact) mass is 592 g/mol. The van der Waals surface area contributed by atoms with E-state index in [-0.39, 0.29) is 48.4 Å². The van der Waals surface area contributed by atoms with E-state index < -0.39 is 6.10 Å². The van der Waals surface area contributed by atoms with Crippen molar-refractivity contribution in [3.63, 3.8) is 0 Å². The Balaban J connectivity index is 1.45. The highest BCUT2D eigenvalue weighted by Crippen LogP contribution is 2.42. The Labute approximate surface area is 253 Å². The number of hydrogen-bond acceptors (Lipinski definition) is 8. The number of esters is 1. The van der Waals surface area contributed by atoms with Crippen molar-refractivity contribution in [2.75, 3.05) is 20.3 Å². The number of aliphatic hydroxyl groups is 1. The van der Waals surface area contributed by atoms with E-state index in [9.17, 15) is 14.7 Å². The smallest absolute Gasteiger partial charge is 0.305 e. The maximum atomic E-state index is 13.1. The summed E-state index contributed by atoms with van der Waals surface area (Å²) in [6, 6.07) is 0. The van der Waals surface area contributed by atoms with Gasteiger partial charge in [0.2, 0.25) is 0 Å². The maximum absolute atomic E-state index is 13.1. The van der Waals surface area contributed by atoms with Gasteiger partial charge in [-0.25, -0.2) is 0 Å². The van der Waals surface area contributed by atoms with E-state index in [1.54, 1.807) is 0 Å². The minimum Gasteiger partial charge on any atom is -0.469 e. The molecule has 0 aromatic heterocycles. The fraction of sp³-hybridized carbons (Fsp3) is 0.882. The Morgan fingerprint density at radius 1 is 0.952 bits per heavy atom. The van der Waals surface area contributed by atoms with Gasteiger partial charge in [-0.2, -0.15) is 0 Å². The van der Waals surface area contributed by atoms with Gasteiger partial charge < -0.3 is 28.8 Å². The van der Waals surface area contributed by atoms with Crippen LogP contribution in [0.1, 0.15) is 116 Å². The third-order valence-corrected chi connectivity index (χ3v) is 9.85. The molecule has 8 nitrogen and oxygen atoms in total. The standard InChI is InChI=1S/C34H56O8/c1-3-10-24-15-16-25(21-24)30(41-33-13-6-8-19-39-33)18-17-27-28(22-26(35)11-4-5-12-32(37)38-2)29(36)23-31(27)42-34-14-7-9-20-40-34/h17-18,24-25,27-31,33-34,36H,3-16,19-23H2,1-2H3/b18-17+/t24?,25?,27-,28-,29+,30-,31-,33?,34?/m1/s1. The van der Waals surface area contributed by atoms with Gasteiger partial charge in [-0.05, 0) is 76.0 Å². The van der Waals surface area contributed by atoms with Crippen LogP contribution in [0.25, 0.3) is 0 Å². The zero-order valence-corrected chi connectivity index (χ0v) is 26.1. The van der Waals surface area contributed by atoms with Crippen LogP contribution in [0.15, 0.2) is 12.2 Å². The van der Waals surface area contributed by atoms with Crippen molar-refractivity contribution in [1.82, 2.24) is 0 Å². The van der Waals surface area contributed by atoms with Gasteiger partial charge in [-0.3, -0.25) is 9.59 Å². The Bertz CT molecular complexity index is 833. The number of carbonyl (C=O) groups is 2. The first-order chi connectivity index (χ1) is 20.5. The van der Waals surface area contributed by atoms with Gasteiger partial charge >= 0.3 is 5.97 Å². The summed E-state index contributed by atoms with van der Waals surface area (Å²) in [6.45, 7) is 3.71. The third kappa shape index (κ3) is 10.4. The van der Waals surface area contributed by atoms with Crippen molar-refractivity contribution in [3.05, 3.63) is 12.2 Å². The molecule has 1 N–H and O–H groups in total. The van der Waals surface area contributed by atoms with E-state index in [2.05, 4.69) is 19.1 Å². The molecule has 8 heteroatoms. The van der Waals surface area contributed by atoms with Crippen LogP contribution in [0.3, 0.4) is 0 Å². The molecule has 0 bridgehead atoms. The number of unbranched alkanes of at least 4 members (excludes halogenated alkanes) is 1. The van der Waals surface area contributed by atoms with E-state index in [0.717, 1.165) is 57.5 Å². The Morgan fingerprint density at radius 3 is 2.38 bits per heavy atom. The number of methoxy groups -OCH3 is 1. The predicted molar refractivity (Wildman–Crippen MR) is 160 cm³/mol. The van der Waals surface area contributed by atoms with E-state index in [0.29, 0.717) is 51.0 Å². The van der Waals surface area contributed by atoms with E-state index >= 15 is 0 Å². The number of aliphatic hydroxyl groups excluding tert-OH is 1.